The van der Waals surface area contributed by atoms with Crippen LogP contribution in [0.25, 0.3) is 0 Å². The van der Waals surface area contributed by atoms with E-state index < -0.39 is 0 Å². The Morgan fingerprint density at radius 3 is 2.50 bits per heavy atom. The minimum atomic E-state index is 0. The fourth-order valence-electron chi connectivity index (χ4n) is 0.557. The Kier molecular flexibility index (Phi) is 4.52. The Hall–Kier alpha value is -0.184. The maximum atomic E-state index is 5.62. The monoisotopic (exact) mass is 200 g/mol. The molecule has 0 N–H and O–H groups in total. The van der Waals surface area contributed by atoms with Gasteiger partial charge in [-0.1, -0.05) is 17.7 Å². The van der Waals surface area contributed by atoms with Gasteiger partial charge < -0.3 is 4.74 Å². The van der Waals surface area contributed by atoms with Crippen molar-refractivity contribution in [3.63, 3.8) is 0 Å². The summed E-state index contributed by atoms with van der Waals surface area (Å²) in [6, 6.07) is 7.08. The predicted octanol–water partition coefficient (Wildman–Crippen LogP) is 2.51. The van der Waals surface area contributed by atoms with Gasteiger partial charge >= 0.3 is 0 Å². The summed E-state index contributed by atoms with van der Waals surface area (Å²) in [5, 5.41) is 0.663. The zero-order valence-corrected chi connectivity index (χ0v) is 6.93. The van der Waals surface area contributed by atoms with Crippen LogP contribution in [0.3, 0.4) is 0 Å². The zero-order chi connectivity index (χ0) is 6.69. The van der Waals surface area contributed by atoms with E-state index in [-0.39, 0.29) is 16.8 Å². The summed E-state index contributed by atoms with van der Waals surface area (Å²) in [6.45, 7) is 0. The van der Waals surface area contributed by atoms with Crippen LogP contribution in [-0.2, 0) is 16.8 Å². The van der Waals surface area contributed by atoms with E-state index in [2.05, 4.69) is 11.8 Å². The van der Waals surface area contributed by atoms with Gasteiger partial charge in [0.1, 0.15) is 0 Å². The third-order valence-electron chi connectivity index (χ3n) is 0.963. The van der Waals surface area contributed by atoms with Crippen LogP contribution in [-0.4, -0.2) is 0 Å². The molecule has 1 nitrogen and oxygen atoms in total. The van der Waals surface area contributed by atoms with Crippen molar-refractivity contribution in [1.82, 2.24) is 0 Å². The first-order valence-corrected chi connectivity index (χ1v) is 2.88. The van der Waals surface area contributed by atoms with Gasteiger partial charge in [0.2, 0.25) is 0 Å². The van der Waals surface area contributed by atoms with Crippen molar-refractivity contribution in [3.8, 4) is 5.75 Å². The molecule has 0 heterocycles. The number of rotatable bonds is 1. The first-order chi connectivity index (χ1) is 4.33. The third kappa shape index (κ3) is 2.60. The average molecular weight is 201 g/mol. The zero-order valence-electron chi connectivity index (χ0n) is 5.14. The van der Waals surface area contributed by atoms with Gasteiger partial charge in [0.15, 0.2) is 0 Å². The largest absolute Gasteiger partial charge is 0.665 e. The van der Waals surface area contributed by atoms with E-state index in [1.165, 1.54) is 0 Å². The van der Waals surface area contributed by atoms with E-state index in [9.17, 15) is 0 Å². The van der Waals surface area contributed by atoms with Crippen LogP contribution < -0.4 is 4.74 Å². The smallest absolute Gasteiger partial charge is 0.0858 e. The molecular weight excluding hydrogens is 194 g/mol. The van der Waals surface area contributed by atoms with Crippen molar-refractivity contribution in [3.05, 3.63) is 36.4 Å². The Labute approximate surface area is 75.5 Å². The average Bonchev–Trinajstić information content (AvgIpc) is 1.88. The normalized spacial score (nSPS) is 8.20. The molecule has 3 heteroatoms. The SMILES string of the molecule is [CH2-]Oc1cccc(Cl)c1.[Co]. The van der Waals surface area contributed by atoms with Gasteiger partial charge in [-0.3, -0.25) is 0 Å². The number of hydrogen-bond donors (Lipinski definition) is 0. The molecule has 0 aromatic heterocycles. The van der Waals surface area contributed by atoms with E-state index in [1.807, 2.05) is 6.07 Å². The summed E-state index contributed by atoms with van der Waals surface area (Å²) >= 11 is 5.62. The molecule has 1 aromatic carbocycles. The van der Waals surface area contributed by atoms with Gasteiger partial charge in [-0.05, 0) is 18.2 Å². The van der Waals surface area contributed by atoms with Gasteiger partial charge in [-0.2, -0.15) is 7.11 Å². The van der Waals surface area contributed by atoms with Crippen molar-refractivity contribution in [2.24, 2.45) is 0 Å². The van der Waals surface area contributed by atoms with Gasteiger partial charge in [0, 0.05) is 21.8 Å². The van der Waals surface area contributed by atoms with Gasteiger partial charge in [0.05, 0.1) is 5.75 Å². The molecule has 0 amide bonds. The molecule has 0 fully saturated rings. The van der Waals surface area contributed by atoms with Crippen LogP contribution in [0.1, 0.15) is 0 Å². The Morgan fingerprint density at radius 2 is 2.10 bits per heavy atom. The third-order valence-corrected chi connectivity index (χ3v) is 1.20. The van der Waals surface area contributed by atoms with Gasteiger partial charge in [-0.25, -0.2) is 0 Å². The van der Waals surface area contributed by atoms with Crippen LogP contribution in [0, 0.1) is 7.11 Å². The summed E-state index contributed by atoms with van der Waals surface area (Å²) in [4.78, 5) is 0. The van der Waals surface area contributed by atoms with E-state index >= 15 is 0 Å². The van der Waals surface area contributed by atoms with Crippen LogP contribution in [0.5, 0.6) is 5.75 Å². The van der Waals surface area contributed by atoms with E-state index in [0.29, 0.717) is 10.8 Å². The first-order valence-electron chi connectivity index (χ1n) is 2.50. The number of ether oxygens (including phenoxy) is 1. The summed E-state index contributed by atoms with van der Waals surface area (Å²) in [7, 11) is 3.24. The second-order valence-corrected chi connectivity index (χ2v) is 2.04. The Morgan fingerprint density at radius 1 is 1.40 bits per heavy atom. The molecule has 0 saturated carbocycles. The molecule has 0 unspecified atom stereocenters. The second kappa shape index (κ2) is 4.60. The molecule has 0 bridgehead atoms. The molecule has 0 aliphatic carbocycles. The minimum Gasteiger partial charge on any atom is -0.665 e. The molecule has 0 spiro atoms. The van der Waals surface area contributed by atoms with Crippen molar-refractivity contribution < 1.29 is 21.5 Å². The van der Waals surface area contributed by atoms with Crippen molar-refractivity contribution in [1.29, 1.82) is 0 Å². The minimum absolute atomic E-state index is 0. The van der Waals surface area contributed by atoms with E-state index in [0.717, 1.165) is 0 Å². The molecule has 0 aliphatic rings. The molecule has 10 heavy (non-hydrogen) atoms. The molecular formula is C7H6ClCoO-. The quantitative estimate of drug-likeness (QED) is 0.633. The fourth-order valence-corrected chi connectivity index (χ4v) is 0.737. The van der Waals surface area contributed by atoms with Crippen molar-refractivity contribution >= 4 is 11.6 Å². The van der Waals surface area contributed by atoms with Crippen molar-refractivity contribution in [2.75, 3.05) is 0 Å². The number of benzene rings is 1. The van der Waals surface area contributed by atoms with Crippen LogP contribution in [0.2, 0.25) is 5.02 Å². The summed E-state index contributed by atoms with van der Waals surface area (Å²) < 4.78 is 4.66. The Bertz CT molecular complexity index is 203. The Balaban J connectivity index is 0.000000810. The van der Waals surface area contributed by atoms with Crippen LogP contribution >= 0.6 is 11.6 Å². The summed E-state index contributed by atoms with van der Waals surface area (Å²) in [6.07, 6.45) is 0. The summed E-state index contributed by atoms with van der Waals surface area (Å²) in [5.74, 6) is 0.683. The van der Waals surface area contributed by atoms with E-state index in [4.69, 9.17) is 11.6 Å². The van der Waals surface area contributed by atoms with Crippen molar-refractivity contribution in [2.45, 2.75) is 0 Å². The van der Waals surface area contributed by atoms with Crippen LogP contribution in [0.15, 0.2) is 24.3 Å². The topological polar surface area (TPSA) is 9.23 Å². The molecule has 1 radical (unpaired) electrons. The van der Waals surface area contributed by atoms with E-state index in [1.54, 1.807) is 18.2 Å². The second-order valence-electron chi connectivity index (χ2n) is 1.60. The van der Waals surface area contributed by atoms with Crippen LogP contribution in [0.4, 0.5) is 0 Å². The summed E-state index contributed by atoms with van der Waals surface area (Å²) in [5.41, 5.74) is 0. The predicted molar refractivity (Wildman–Crippen MR) is 37.4 cm³/mol. The first kappa shape index (κ1) is 9.82. The molecule has 1 rings (SSSR count). The van der Waals surface area contributed by atoms with Gasteiger partial charge in [0.25, 0.3) is 0 Å². The van der Waals surface area contributed by atoms with Gasteiger partial charge in [-0.15, -0.1) is 0 Å². The number of halogens is 1. The fraction of sp³-hybridized carbons (Fsp3) is 0. The molecule has 0 atom stereocenters. The standard InChI is InChI=1S/C7H6ClO.Co/c1-9-7-4-2-3-6(8)5-7;/h2-5H,1H2;/q-1;. The molecule has 0 aliphatic heterocycles. The maximum absolute atomic E-state index is 5.62. The number of hydrogen-bond acceptors (Lipinski definition) is 1. The maximum Gasteiger partial charge on any atom is 0.0858 e. The molecule has 57 valence electrons. The molecule has 0 saturated heterocycles. The molecule has 1 aromatic rings.